The standard InChI is InChI=1S/C13H17BrN4S2/c1-16(6-11-5-10(14)7-20-11)8-18-13(19)17(2)12(15-18)9-3-4-9/h5,7,9H,3-4,6,8H2,1-2H3. The van der Waals surface area contributed by atoms with Gasteiger partial charge in [-0.25, -0.2) is 4.68 Å². The predicted octanol–water partition coefficient (Wildman–Crippen LogP) is 3.74. The molecule has 2 aromatic heterocycles. The minimum absolute atomic E-state index is 0.626. The van der Waals surface area contributed by atoms with Crippen LogP contribution in [0.1, 0.15) is 29.5 Å². The molecule has 0 bridgehead atoms. The van der Waals surface area contributed by atoms with Gasteiger partial charge in [0, 0.05) is 34.2 Å². The number of hydrogen-bond acceptors (Lipinski definition) is 4. The number of hydrogen-bond donors (Lipinski definition) is 0. The third-order valence-corrected chi connectivity index (χ3v) is 5.61. The second-order valence-electron chi connectivity index (χ2n) is 5.36. The second kappa shape index (κ2) is 5.71. The predicted molar refractivity (Wildman–Crippen MR) is 87.5 cm³/mol. The van der Waals surface area contributed by atoms with Crippen molar-refractivity contribution >= 4 is 39.5 Å². The average Bonchev–Trinajstić information content (AvgIpc) is 3.11. The first-order chi connectivity index (χ1) is 9.54. The van der Waals surface area contributed by atoms with Crippen LogP contribution in [0, 0.1) is 4.77 Å². The Balaban J connectivity index is 1.71. The Hall–Kier alpha value is -0.500. The molecule has 2 aromatic rings. The summed E-state index contributed by atoms with van der Waals surface area (Å²) in [6.45, 7) is 1.64. The lowest BCUT2D eigenvalue weighted by Crippen LogP contribution is -2.22. The van der Waals surface area contributed by atoms with Crippen LogP contribution in [0.4, 0.5) is 0 Å². The minimum atomic E-state index is 0.626. The van der Waals surface area contributed by atoms with Crippen LogP contribution in [0.15, 0.2) is 15.9 Å². The van der Waals surface area contributed by atoms with Gasteiger partial charge in [0.25, 0.3) is 0 Å². The van der Waals surface area contributed by atoms with E-state index in [0.29, 0.717) is 5.92 Å². The van der Waals surface area contributed by atoms with Gasteiger partial charge in [-0.2, -0.15) is 5.10 Å². The van der Waals surface area contributed by atoms with E-state index in [1.54, 1.807) is 11.3 Å². The Kier molecular flexibility index (Phi) is 4.12. The Morgan fingerprint density at radius 3 is 2.90 bits per heavy atom. The molecule has 0 radical (unpaired) electrons. The number of nitrogens with zero attached hydrogens (tertiary/aromatic N) is 4. The van der Waals surface area contributed by atoms with Crippen LogP contribution in [0.2, 0.25) is 0 Å². The van der Waals surface area contributed by atoms with E-state index in [-0.39, 0.29) is 0 Å². The summed E-state index contributed by atoms with van der Waals surface area (Å²) in [6, 6.07) is 2.16. The van der Waals surface area contributed by atoms with Crippen molar-refractivity contribution in [3.63, 3.8) is 0 Å². The molecule has 1 saturated carbocycles. The van der Waals surface area contributed by atoms with E-state index in [0.717, 1.165) is 28.3 Å². The van der Waals surface area contributed by atoms with Gasteiger partial charge < -0.3 is 4.57 Å². The quantitative estimate of drug-likeness (QED) is 0.747. The maximum atomic E-state index is 5.48. The smallest absolute Gasteiger partial charge is 0.198 e. The largest absolute Gasteiger partial charge is 0.307 e. The summed E-state index contributed by atoms with van der Waals surface area (Å²) in [5.74, 6) is 1.77. The fourth-order valence-electron chi connectivity index (χ4n) is 2.28. The van der Waals surface area contributed by atoms with Crippen LogP contribution in [-0.2, 0) is 20.3 Å². The van der Waals surface area contributed by atoms with Gasteiger partial charge >= 0.3 is 0 Å². The molecule has 0 aliphatic heterocycles. The van der Waals surface area contributed by atoms with E-state index in [4.69, 9.17) is 12.2 Å². The maximum Gasteiger partial charge on any atom is 0.198 e. The molecule has 4 nitrogen and oxygen atoms in total. The highest BCUT2D eigenvalue weighted by Gasteiger charge is 2.29. The highest BCUT2D eigenvalue weighted by Crippen LogP contribution is 2.38. The van der Waals surface area contributed by atoms with Crippen LogP contribution in [0.3, 0.4) is 0 Å². The van der Waals surface area contributed by atoms with Gasteiger partial charge in [0.15, 0.2) is 4.77 Å². The molecule has 0 aromatic carbocycles. The molecule has 0 unspecified atom stereocenters. The summed E-state index contributed by atoms with van der Waals surface area (Å²) in [7, 11) is 4.12. The Morgan fingerprint density at radius 1 is 1.55 bits per heavy atom. The lowest BCUT2D eigenvalue weighted by atomic mass is 10.4. The first kappa shape index (κ1) is 14.4. The Morgan fingerprint density at radius 2 is 2.30 bits per heavy atom. The van der Waals surface area contributed by atoms with Crippen molar-refractivity contribution in [2.45, 2.75) is 32.0 Å². The minimum Gasteiger partial charge on any atom is -0.307 e. The van der Waals surface area contributed by atoms with E-state index in [1.807, 2.05) is 11.7 Å². The molecule has 3 rings (SSSR count). The normalized spacial score (nSPS) is 15.2. The molecule has 2 heterocycles. The third kappa shape index (κ3) is 3.05. The van der Waals surface area contributed by atoms with Crippen LogP contribution in [0.5, 0.6) is 0 Å². The van der Waals surface area contributed by atoms with Crippen molar-refractivity contribution in [1.82, 2.24) is 19.2 Å². The van der Waals surface area contributed by atoms with Gasteiger partial charge in [-0.1, -0.05) is 0 Å². The SMILES string of the molecule is CN(Cc1cc(Br)cs1)Cn1nc(C2CC2)n(C)c1=S. The molecule has 0 spiro atoms. The molecule has 0 amide bonds. The molecule has 0 N–H and O–H groups in total. The lowest BCUT2D eigenvalue weighted by Gasteiger charge is -2.15. The molecule has 1 fully saturated rings. The molecule has 1 aliphatic carbocycles. The average molecular weight is 373 g/mol. The van der Waals surface area contributed by atoms with Crippen molar-refractivity contribution < 1.29 is 0 Å². The van der Waals surface area contributed by atoms with Gasteiger partial charge in [0.05, 0.1) is 6.67 Å². The van der Waals surface area contributed by atoms with E-state index in [1.165, 1.54) is 17.7 Å². The summed E-state index contributed by atoms with van der Waals surface area (Å²) in [5.41, 5.74) is 0. The molecule has 20 heavy (non-hydrogen) atoms. The van der Waals surface area contributed by atoms with E-state index < -0.39 is 0 Å². The number of rotatable bonds is 5. The lowest BCUT2D eigenvalue weighted by molar-refractivity contribution is 0.245. The summed E-state index contributed by atoms with van der Waals surface area (Å²) in [4.78, 5) is 3.57. The summed E-state index contributed by atoms with van der Waals surface area (Å²) in [6.07, 6.45) is 2.50. The van der Waals surface area contributed by atoms with Gasteiger partial charge in [0.1, 0.15) is 5.82 Å². The highest BCUT2D eigenvalue weighted by molar-refractivity contribution is 9.10. The van der Waals surface area contributed by atoms with Crippen LogP contribution >= 0.6 is 39.5 Å². The van der Waals surface area contributed by atoms with Crippen molar-refractivity contribution in [1.29, 1.82) is 0 Å². The van der Waals surface area contributed by atoms with E-state index >= 15 is 0 Å². The number of aromatic nitrogens is 3. The van der Waals surface area contributed by atoms with E-state index in [9.17, 15) is 0 Å². The Labute approximate surface area is 136 Å². The van der Waals surface area contributed by atoms with Crippen molar-refractivity contribution in [3.05, 3.63) is 31.4 Å². The topological polar surface area (TPSA) is 26.0 Å². The Bertz CT molecular complexity index is 668. The summed E-state index contributed by atoms with van der Waals surface area (Å²) >= 11 is 10.7. The summed E-state index contributed by atoms with van der Waals surface area (Å²) < 4.78 is 5.95. The molecule has 0 atom stereocenters. The first-order valence-electron chi connectivity index (χ1n) is 6.60. The fraction of sp³-hybridized carbons (Fsp3) is 0.538. The van der Waals surface area contributed by atoms with Crippen LogP contribution in [-0.4, -0.2) is 26.3 Å². The van der Waals surface area contributed by atoms with Crippen LogP contribution in [0.25, 0.3) is 0 Å². The molecule has 108 valence electrons. The van der Waals surface area contributed by atoms with Crippen molar-refractivity contribution in [3.8, 4) is 0 Å². The second-order valence-corrected chi connectivity index (χ2v) is 7.64. The van der Waals surface area contributed by atoms with Crippen LogP contribution < -0.4 is 0 Å². The zero-order chi connectivity index (χ0) is 14.3. The fourth-order valence-corrected chi connectivity index (χ4v) is 4.00. The molecule has 7 heteroatoms. The molecular weight excluding hydrogens is 356 g/mol. The zero-order valence-electron chi connectivity index (χ0n) is 11.5. The molecule has 0 saturated heterocycles. The first-order valence-corrected chi connectivity index (χ1v) is 8.68. The maximum absolute atomic E-state index is 5.48. The third-order valence-electron chi connectivity index (χ3n) is 3.44. The van der Waals surface area contributed by atoms with Crippen molar-refractivity contribution in [2.24, 2.45) is 7.05 Å². The molecule has 1 aliphatic rings. The van der Waals surface area contributed by atoms with Gasteiger partial charge in [-0.15, -0.1) is 11.3 Å². The summed E-state index contributed by atoms with van der Waals surface area (Å²) in [5, 5.41) is 6.80. The number of halogens is 1. The monoisotopic (exact) mass is 372 g/mol. The van der Waals surface area contributed by atoms with Gasteiger partial charge in [0.2, 0.25) is 0 Å². The molecular formula is C13H17BrN4S2. The number of thiophene rings is 1. The van der Waals surface area contributed by atoms with Gasteiger partial charge in [-0.3, -0.25) is 4.90 Å². The van der Waals surface area contributed by atoms with Crippen molar-refractivity contribution in [2.75, 3.05) is 7.05 Å². The zero-order valence-corrected chi connectivity index (χ0v) is 14.8. The van der Waals surface area contributed by atoms with E-state index in [2.05, 4.69) is 49.0 Å². The van der Waals surface area contributed by atoms with Gasteiger partial charge in [-0.05, 0) is 54.1 Å². The highest BCUT2D eigenvalue weighted by atomic mass is 79.9.